The SMILES string of the molecule is Cc1nc2ccc(N(C)C(=O)CCO)cc2[nH]1. The highest BCUT2D eigenvalue weighted by Gasteiger charge is 2.11. The van der Waals surface area contributed by atoms with Gasteiger partial charge in [0.15, 0.2) is 0 Å². The summed E-state index contributed by atoms with van der Waals surface area (Å²) in [6.07, 6.45) is 0.135. The second kappa shape index (κ2) is 4.55. The van der Waals surface area contributed by atoms with E-state index >= 15 is 0 Å². The van der Waals surface area contributed by atoms with Crippen LogP contribution in [0.25, 0.3) is 11.0 Å². The fraction of sp³-hybridized carbons (Fsp3) is 0.333. The standard InChI is InChI=1S/C12H15N3O2/c1-8-13-10-4-3-9(7-11(10)14-8)15(2)12(17)5-6-16/h3-4,7,16H,5-6H2,1-2H3,(H,13,14). The summed E-state index contributed by atoms with van der Waals surface area (Å²) in [5, 5.41) is 8.74. The van der Waals surface area contributed by atoms with Gasteiger partial charge in [0, 0.05) is 12.7 Å². The number of nitrogens with zero attached hydrogens (tertiary/aromatic N) is 2. The van der Waals surface area contributed by atoms with Crippen molar-refractivity contribution in [2.24, 2.45) is 0 Å². The molecular formula is C12H15N3O2. The highest BCUT2D eigenvalue weighted by molar-refractivity contribution is 5.94. The summed E-state index contributed by atoms with van der Waals surface area (Å²) < 4.78 is 0. The third-order valence-electron chi connectivity index (χ3n) is 2.67. The quantitative estimate of drug-likeness (QED) is 0.837. The maximum atomic E-state index is 11.6. The van der Waals surface area contributed by atoms with Gasteiger partial charge in [-0.1, -0.05) is 0 Å². The van der Waals surface area contributed by atoms with E-state index in [0.717, 1.165) is 22.5 Å². The summed E-state index contributed by atoms with van der Waals surface area (Å²) in [4.78, 5) is 20.6. The Balaban J connectivity index is 2.32. The third kappa shape index (κ3) is 2.29. The highest BCUT2D eigenvalue weighted by Crippen LogP contribution is 2.20. The lowest BCUT2D eigenvalue weighted by Crippen LogP contribution is -2.26. The van der Waals surface area contributed by atoms with Gasteiger partial charge in [-0.2, -0.15) is 0 Å². The molecule has 2 N–H and O–H groups in total. The fourth-order valence-corrected chi connectivity index (χ4v) is 1.74. The summed E-state index contributed by atoms with van der Waals surface area (Å²) in [7, 11) is 1.70. The van der Waals surface area contributed by atoms with Crippen LogP contribution >= 0.6 is 0 Å². The molecule has 5 heteroatoms. The number of aromatic amines is 1. The minimum atomic E-state index is -0.130. The first kappa shape index (κ1) is 11.6. The number of imidazole rings is 1. The van der Waals surface area contributed by atoms with Gasteiger partial charge in [-0.05, 0) is 25.1 Å². The zero-order chi connectivity index (χ0) is 12.4. The zero-order valence-electron chi connectivity index (χ0n) is 9.90. The number of nitrogens with one attached hydrogen (secondary N) is 1. The monoisotopic (exact) mass is 233 g/mol. The maximum Gasteiger partial charge on any atom is 0.229 e. The van der Waals surface area contributed by atoms with Crippen LogP contribution in [0.5, 0.6) is 0 Å². The topological polar surface area (TPSA) is 69.2 Å². The number of H-pyrrole nitrogens is 1. The number of rotatable bonds is 3. The summed E-state index contributed by atoms with van der Waals surface area (Å²) in [5.41, 5.74) is 2.58. The van der Waals surface area contributed by atoms with Gasteiger partial charge in [-0.15, -0.1) is 0 Å². The van der Waals surface area contributed by atoms with Crippen LogP contribution in [0.4, 0.5) is 5.69 Å². The van der Waals surface area contributed by atoms with E-state index in [2.05, 4.69) is 9.97 Å². The van der Waals surface area contributed by atoms with E-state index in [0.29, 0.717) is 0 Å². The number of hydrogen-bond donors (Lipinski definition) is 2. The summed E-state index contributed by atoms with van der Waals surface area (Å²) in [6, 6.07) is 5.60. The van der Waals surface area contributed by atoms with Crippen molar-refractivity contribution in [3.05, 3.63) is 24.0 Å². The molecule has 1 aromatic carbocycles. The summed E-state index contributed by atoms with van der Waals surface area (Å²) in [5.74, 6) is 0.740. The second-order valence-electron chi connectivity index (χ2n) is 3.95. The molecule has 0 aliphatic rings. The molecule has 2 rings (SSSR count). The molecular weight excluding hydrogens is 218 g/mol. The van der Waals surface area contributed by atoms with E-state index in [4.69, 9.17) is 5.11 Å². The van der Waals surface area contributed by atoms with Crippen LogP contribution < -0.4 is 4.90 Å². The molecule has 0 fully saturated rings. The molecule has 0 saturated heterocycles. The minimum absolute atomic E-state index is 0.108. The van der Waals surface area contributed by atoms with Crippen LogP contribution in [0.3, 0.4) is 0 Å². The minimum Gasteiger partial charge on any atom is -0.396 e. The number of aromatic nitrogens is 2. The van der Waals surface area contributed by atoms with Crippen molar-refractivity contribution in [2.75, 3.05) is 18.6 Å². The maximum absolute atomic E-state index is 11.6. The van der Waals surface area contributed by atoms with Gasteiger partial charge in [0.2, 0.25) is 5.91 Å². The molecule has 0 bridgehead atoms. The molecule has 1 heterocycles. The number of carbonyl (C=O) groups excluding carboxylic acids is 1. The normalized spacial score (nSPS) is 10.8. The molecule has 0 radical (unpaired) electrons. The van der Waals surface area contributed by atoms with Crippen LogP contribution in [-0.4, -0.2) is 34.6 Å². The molecule has 17 heavy (non-hydrogen) atoms. The van der Waals surface area contributed by atoms with Gasteiger partial charge in [-0.3, -0.25) is 4.79 Å². The van der Waals surface area contributed by atoms with Gasteiger partial charge in [0.25, 0.3) is 0 Å². The first-order valence-corrected chi connectivity index (χ1v) is 5.45. The van der Waals surface area contributed by atoms with E-state index in [1.54, 1.807) is 7.05 Å². The predicted octanol–water partition coefficient (Wildman–Crippen LogP) is 1.22. The summed E-state index contributed by atoms with van der Waals surface area (Å²) in [6.45, 7) is 1.76. The molecule has 0 saturated carbocycles. The molecule has 0 aliphatic heterocycles. The molecule has 0 atom stereocenters. The number of amides is 1. The van der Waals surface area contributed by atoms with E-state index in [9.17, 15) is 4.79 Å². The first-order valence-electron chi connectivity index (χ1n) is 5.45. The number of aryl methyl sites for hydroxylation is 1. The Morgan fingerprint density at radius 1 is 1.53 bits per heavy atom. The summed E-state index contributed by atoms with van der Waals surface area (Å²) >= 11 is 0. The van der Waals surface area contributed by atoms with Crippen LogP contribution in [0, 0.1) is 6.92 Å². The van der Waals surface area contributed by atoms with E-state index < -0.39 is 0 Å². The number of carbonyl (C=O) groups is 1. The molecule has 90 valence electrons. The van der Waals surface area contributed by atoms with Crippen molar-refractivity contribution in [2.45, 2.75) is 13.3 Å². The zero-order valence-corrected chi connectivity index (χ0v) is 9.90. The lowest BCUT2D eigenvalue weighted by Gasteiger charge is -2.16. The van der Waals surface area contributed by atoms with E-state index in [1.807, 2.05) is 25.1 Å². The predicted molar refractivity (Wildman–Crippen MR) is 65.9 cm³/mol. The number of aliphatic hydroxyl groups is 1. The van der Waals surface area contributed by atoms with Crippen molar-refractivity contribution in [3.63, 3.8) is 0 Å². The van der Waals surface area contributed by atoms with Crippen molar-refractivity contribution >= 4 is 22.6 Å². The molecule has 1 amide bonds. The van der Waals surface area contributed by atoms with E-state index in [1.165, 1.54) is 4.90 Å². The average molecular weight is 233 g/mol. The van der Waals surface area contributed by atoms with Crippen LogP contribution in [0.2, 0.25) is 0 Å². The number of hydrogen-bond acceptors (Lipinski definition) is 3. The average Bonchev–Trinajstić information content (AvgIpc) is 2.67. The van der Waals surface area contributed by atoms with Gasteiger partial charge in [-0.25, -0.2) is 4.98 Å². The molecule has 0 unspecified atom stereocenters. The van der Waals surface area contributed by atoms with Crippen molar-refractivity contribution < 1.29 is 9.90 Å². The van der Waals surface area contributed by atoms with E-state index in [-0.39, 0.29) is 18.9 Å². The number of benzene rings is 1. The number of anilines is 1. The first-order chi connectivity index (χ1) is 8.11. The van der Waals surface area contributed by atoms with Crippen molar-refractivity contribution in [1.29, 1.82) is 0 Å². The Hall–Kier alpha value is -1.88. The van der Waals surface area contributed by atoms with Gasteiger partial charge in [0.05, 0.1) is 24.1 Å². The van der Waals surface area contributed by atoms with Crippen LogP contribution in [0.15, 0.2) is 18.2 Å². The Morgan fingerprint density at radius 3 is 3.00 bits per heavy atom. The van der Waals surface area contributed by atoms with Crippen molar-refractivity contribution in [3.8, 4) is 0 Å². The van der Waals surface area contributed by atoms with Crippen LogP contribution in [-0.2, 0) is 4.79 Å². The molecule has 5 nitrogen and oxygen atoms in total. The molecule has 2 aromatic rings. The Labute approximate surface area is 99.1 Å². The number of aliphatic hydroxyl groups excluding tert-OH is 1. The lowest BCUT2D eigenvalue weighted by molar-refractivity contribution is -0.118. The largest absolute Gasteiger partial charge is 0.396 e. The third-order valence-corrected chi connectivity index (χ3v) is 2.67. The lowest BCUT2D eigenvalue weighted by atomic mass is 10.2. The molecule has 0 aliphatic carbocycles. The second-order valence-corrected chi connectivity index (χ2v) is 3.95. The molecule has 0 spiro atoms. The Bertz CT molecular complexity index is 548. The van der Waals surface area contributed by atoms with Gasteiger partial charge >= 0.3 is 0 Å². The van der Waals surface area contributed by atoms with Crippen LogP contribution in [0.1, 0.15) is 12.2 Å². The smallest absolute Gasteiger partial charge is 0.229 e. The fourth-order valence-electron chi connectivity index (χ4n) is 1.74. The highest BCUT2D eigenvalue weighted by atomic mass is 16.3. The molecule has 1 aromatic heterocycles. The van der Waals surface area contributed by atoms with Gasteiger partial charge < -0.3 is 15.0 Å². The van der Waals surface area contributed by atoms with Crippen molar-refractivity contribution in [1.82, 2.24) is 9.97 Å². The number of fused-ring (bicyclic) bond motifs is 1. The Kier molecular flexibility index (Phi) is 3.10. The Morgan fingerprint density at radius 2 is 2.29 bits per heavy atom. The van der Waals surface area contributed by atoms with Gasteiger partial charge in [0.1, 0.15) is 5.82 Å².